The number of aliphatic hydroxyl groups is 1. The lowest BCUT2D eigenvalue weighted by molar-refractivity contribution is 0.0574. The van der Waals surface area contributed by atoms with Crippen molar-refractivity contribution in [2.75, 3.05) is 32.8 Å². The van der Waals surface area contributed by atoms with Crippen LogP contribution in [-0.4, -0.2) is 50.0 Å². The summed E-state index contributed by atoms with van der Waals surface area (Å²) in [5.74, 6) is 0.833. The maximum absolute atomic E-state index is 9.65. The first-order valence-corrected chi connectivity index (χ1v) is 9.63. The van der Waals surface area contributed by atoms with Crippen molar-refractivity contribution in [1.82, 2.24) is 10.6 Å². The molecule has 140 valence electrons. The molecule has 0 heterocycles. The van der Waals surface area contributed by atoms with Gasteiger partial charge in [-0.3, -0.25) is 4.99 Å². The molecule has 0 bridgehead atoms. The second-order valence-corrected chi connectivity index (χ2v) is 6.57. The highest BCUT2D eigenvalue weighted by Gasteiger charge is 2.14. The topological polar surface area (TPSA) is 65.9 Å². The van der Waals surface area contributed by atoms with E-state index in [4.69, 9.17) is 4.74 Å². The molecule has 0 amide bonds. The number of hydrogen-bond acceptors (Lipinski definition) is 3. The Morgan fingerprint density at radius 2 is 2.00 bits per heavy atom. The van der Waals surface area contributed by atoms with Crippen LogP contribution >= 0.6 is 0 Å². The van der Waals surface area contributed by atoms with Gasteiger partial charge in [0.25, 0.3) is 0 Å². The molecule has 1 atom stereocenters. The van der Waals surface area contributed by atoms with Gasteiger partial charge in [0.2, 0.25) is 0 Å². The van der Waals surface area contributed by atoms with Crippen LogP contribution in [0.25, 0.3) is 0 Å². The summed E-state index contributed by atoms with van der Waals surface area (Å²) in [5, 5.41) is 16.3. The molecule has 1 aromatic carbocycles. The van der Waals surface area contributed by atoms with Crippen molar-refractivity contribution >= 4 is 5.96 Å². The van der Waals surface area contributed by atoms with E-state index < -0.39 is 0 Å². The predicted octanol–water partition coefficient (Wildman–Crippen LogP) is 2.67. The SMILES string of the molecule is CCNC(=NCC(CO)c1ccccc1)NCCCOC1CCCC1. The number of nitrogens with zero attached hydrogens (tertiary/aromatic N) is 1. The summed E-state index contributed by atoms with van der Waals surface area (Å²) in [7, 11) is 0. The number of guanidine groups is 1. The lowest BCUT2D eigenvalue weighted by Crippen LogP contribution is -2.38. The van der Waals surface area contributed by atoms with Gasteiger partial charge in [0.15, 0.2) is 5.96 Å². The van der Waals surface area contributed by atoms with Crippen LogP contribution in [0.3, 0.4) is 0 Å². The van der Waals surface area contributed by atoms with Crippen LogP contribution in [0, 0.1) is 0 Å². The van der Waals surface area contributed by atoms with Crippen LogP contribution in [0.5, 0.6) is 0 Å². The monoisotopic (exact) mass is 347 g/mol. The van der Waals surface area contributed by atoms with Crippen molar-refractivity contribution in [2.45, 2.75) is 51.0 Å². The summed E-state index contributed by atoms with van der Waals surface area (Å²) in [5.41, 5.74) is 1.12. The molecule has 0 spiro atoms. The van der Waals surface area contributed by atoms with Gasteiger partial charge in [0.05, 0.1) is 19.3 Å². The Kier molecular flexibility index (Phi) is 9.37. The Bertz CT molecular complexity index is 487. The first kappa shape index (κ1) is 19.7. The minimum absolute atomic E-state index is 0.0300. The molecule has 3 N–H and O–H groups in total. The molecule has 2 rings (SSSR count). The molecular weight excluding hydrogens is 314 g/mol. The van der Waals surface area contributed by atoms with E-state index in [1.54, 1.807) is 0 Å². The third-order valence-corrected chi connectivity index (χ3v) is 4.57. The van der Waals surface area contributed by atoms with Crippen LogP contribution < -0.4 is 10.6 Å². The van der Waals surface area contributed by atoms with Gasteiger partial charge in [-0.05, 0) is 31.7 Å². The second-order valence-electron chi connectivity index (χ2n) is 6.57. The van der Waals surface area contributed by atoms with Crippen LogP contribution in [0.15, 0.2) is 35.3 Å². The molecule has 1 saturated carbocycles. The number of aliphatic hydroxyl groups excluding tert-OH is 1. The zero-order valence-corrected chi connectivity index (χ0v) is 15.4. The standard InChI is InChI=1S/C20H33N3O2/c1-2-21-20(22-13-8-14-25-19-11-6-7-12-19)23-15-18(16-24)17-9-4-3-5-10-17/h3-5,9-10,18-19,24H,2,6-8,11-16H2,1H3,(H2,21,22,23). The molecule has 1 unspecified atom stereocenters. The molecule has 0 aliphatic heterocycles. The van der Waals surface area contributed by atoms with E-state index in [2.05, 4.69) is 22.5 Å². The summed E-state index contributed by atoms with van der Waals surface area (Å²) in [4.78, 5) is 4.63. The molecule has 0 saturated heterocycles. The summed E-state index contributed by atoms with van der Waals surface area (Å²) in [6.07, 6.45) is 6.53. The second kappa shape index (κ2) is 11.9. The first-order valence-electron chi connectivity index (χ1n) is 9.63. The summed E-state index contributed by atoms with van der Waals surface area (Å²) >= 11 is 0. The van der Waals surface area contributed by atoms with Crippen LogP contribution in [0.2, 0.25) is 0 Å². The Labute approximate surface area is 151 Å². The highest BCUT2D eigenvalue weighted by Crippen LogP contribution is 2.20. The Hall–Kier alpha value is -1.59. The highest BCUT2D eigenvalue weighted by molar-refractivity contribution is 5.79. The van der Waals surface area contributed by atoms with E-state index in [9.17, 15) is 5.11 Å². The van der Waals surface area contributed by atoms with Crippen molar-refractivity contribution in [3.8, 4) is 0 Å². The number of nitrogens with one attached hydrogen (secondary N) is 2. The van der Waals surface area contributed by atoms with E-state index >= 15 is 0 Å². The van der Waals surface area contributed by atoms with E-state index in [1.807, 2.05) is 30.3 Å². The quantitative estimate of drug-likeness (QED) is 0.346. The largest absolute Gasteiger partial charge is 0.396 e. The average Bonchev–Trinajstić information content (AvgIpc) is 3.16. The third-order valence-electron chi connectivity index (χ3n) is 4.57. The zero-order chi connectivity index (χ0) is 17.7. The van der Waals surface area contributed by atoms with Crippen molar-refractivity contribution in [1.29, 1.82) is 0 Å². The smallest absolute Gasteiger partial charge is 0.191 e. The fourth-order valence-electron chi connectivity index (χ4n) is 3.12. The fourth-order valence-corrected chi connectivity index (χ4v) is 3.12. The molecular formula is C20H33N3O2. The normalized spacial score (nSPS) is 16.8. The van der Waals surface area contributed by atoms with Gasteiger partial charge in [0, 0.05) is 25.6 Å². The van der Waals surface area contributed by atoms with Crippen molar-refractivity contribution in [3.63, 3.8) is 0 Å². The van der Waals surface area contributed by atoms with Gasteiger partial charge in [-0.25, -0.2) is 0 Å². The third kappa shape index (κ3) is 7.45. The maximum atomic E-state index is 9.65. The van der Waals surface area contributed by atoms with Gasteiger partial charge in [0.1, 0.15) is 0 Å². The van der Waals surface area contributed by atoms with E-state index in [-0.39, 0.29) is 12.5 Å². The van der Waals surface area contributed by atoms with Gasteiger partial charge in [-0.2, -0.15) is 0 Å². The summed E-state index contributed by atoms with van der Waals surface area (Å²) in [6.45, 7) is 5.19. The van der Waals surface area contributed by atoms with Gasteiger partial charge >= 0.3 is 0 Å². The number of rotatable bonds is 10. The summed E-state index contributed by atoms with van der Waals surface area (Å²) < 4.78 is 5.88. The molecule has 1 aliphatic rings. The molecule has 1 fully saturated rings. The van der Waals surface area contributed by atoms with Crippen LogP contribution in [0.4, 0.5) is 0 Å². The maximum Gasteiger partial charge on any atom is 0.191 e. The zero-order valence-electron chi connectivity index (χ0n) is 15.4. The minimum atomic E-state index is 0.0300. The molecule has 1 aromatic rings. The lowest BCUT2D eigenvalue weighted by Gasteiger charge is -2.16. The van der Waals surface area contributed by atoms with E-state index in [0.29, 0.717) is 12.6 Å². The molecule has 0 radical (unpaired) electrons. The van der Waals surface area contributed by atoms with Crippen LogP contribution in [-0.2, 0) is 4.74 Å². The van der Waals surface area contributed by atoms with Gasteiger partial charge in [-0.1, -0.05) is 43.2 Å². The first-order chi connectivity index (χ1) is 12.3. The van der Waals surface area contributed by atoms with Crippen LogP contribution in [0.1, 0.15) is 50.5 Å². The Balaban J connectivity index is 1.72. The molecule has 1 aliphatic carbocycles. The van der Waals surface area contributed by atoms with E-state index in [1.165, 1.54) is 25.7 Å². The highest BCUT2D eigenvalue weighted by atomic mass is 16.5. The van der Waals surface area contributed by atoms with Gasteiger partial charge in [-0.15, -0.1) is 0 Å². The van der Waals surface area contributed by atoms with Gasteiger partial charge < -0.3 is 20.5 Å². The number of hydrogen-bond donors (Lipinski definition) is 3. The Morgan fingerprint density at radius 3 is 2.68 bits per heavy atom. The lowest BCUT2D eigenvalue weighted by atomic mass is 10.0. The number of benzene rings is 1. The summed E-state index contributed by atoms with van der Waals surface area (Å²) in [6, 6.07) is 10.1. The van der Waals surface area contributed by atoms with E-state index in [0.717, 1.165) is 37.6 Å². The number of ether oxygens (including phenoxy) is 1. The van der Waals surface area contributed by atoms with Crippen molar-refractivity contribution in [2.24, 2.45) is 4.99 Å². The molecule has 25 heavy (non-hydrogen) atoms. The van der Waals surface area contributed by atoms with Crippen molar-refractivity contribution < 1.29 is 9.84 Å². The molecule has 5 heteroatoms. The molecule has 5 nitrogen and oxygen atoms in total. The minimum Gasteiger partial charge on any atom is -0.396 e. The van der Waals surface area contributed by atoms with Crippen molar-refractivity contribution in [3.05, 3.63) is 35.9 Å². The average molecular weight is 348 g/mol. The fraction of sp³-hybridized carbons (Fsp3) is 0.650. The number of aliphatic imine (C=N–C) groups is 1. The predicted molar refractivity (Wildman–Crippen MR) is 103 cm³/mol. The molecule has 0 aromatic heterocycles. The Morgan fingerprint density at radius 1 is 1.24 bits per heavy atom.